The van der Waals surface area contributed by atoms with Gasteiger partial charge in [0.1, 0.15) is 5.75 Å². The third-order valence-electron chi connectivity index (χ3n) is 4.40. The van der Waals surface area contributed by atoms with Crippen LogP contribution in [-0.2, 0) is 12.8 Å². The van der Waals surface area contributed by atoms with Crippen LogP contribution in [0.2, 0.25) is 0 Å². The van der Waals surface area contributed by atoms with Crippen LogP contribution in [-0.4, -0.2) is 18.1 Å². The Bertz CT molecular complexity index is 612. The Morgan fingerprint density at radius 1 is 1.29 bits per heavy atom. The van der Waals surface area contributed by atoms with Gasteiger partial charge in [-0.15, -0.1) is 0 Å². The van der Waals surface area contributed by atoms with Crippen LogP contribution in [0.3, 0.4) is 0 Å². The number of aryl methyl sites for hydroxylation is 1. The van der Waals surface area contributed by atoms with E-state index in [0.717, 1.165) is 25.0 Å². The summed E-state index contributed by atoms with van der Waals surface area (Å²) in [6.07, 6.45) is 6.15. The summed E-state index contributed by atoms with van der Waals surface area (Å²) in [7, 11) is 1.71. The van der Waals surface area contributed by atoms with E-state index in [4.69, 9.17) is 10.5 Å². The monoisotopic (exact) mass is 282 g/mol. The van der Waals surface area contributed by atoms with E-state index in [1.165, 1.54) is 23.2 Å². The molecule has 0 amide bonds. The third kappa shape index (κ3) is 2.93. The number of para-hydroxylation sites is 1. The van der Waals surface area contributed by atoms with E-state index in [1.54, 1.807) is 7.11 Å². The number of fused-ring (bicyclic) bond motifs is 1. The van der Waals surface area contributed by atoms with E-state index in [2.05, 4.69) is 17.1 Å². The molecule has 1 aliphatic carbocycles. The molecule has 1 aromatic heterocycles. The maximum Gasteiger partial charge on any atom is 0.122 e. The van der Waals surface area contributed by atoms with Crippen molar-refractivity contribution in [2.75, 3.05) is 7.11 Å². The number of rotatable bonds is 4. The lowest BCUT2D eigenvalue weighted by Gasteiger charge is -2.29. The number of hydrogen-bond acceptors (Lipinski definition) is 3. The zero-order chi connectivity index (χ0) is 14.7. The molecule has 3 rings (SSSR count). The van der Waals surface area contributed by atoms with Crippen LogP contribution in [0.1, 0.15) is 35.6 Å². The summed E-state index contributed by atoms with van der Waals surface area (Å²) in [6, 6.07) is 12.4. The van der Waals surface area contributed by atoms with Crippen LogP contribution in [0.25, 0.3) is 0 Å². The minimum atomic E-state index is 0.0789. The molecule has 0 saturated heterocycles. The van der Waals surface area contributed by atoms with Crippen LogP contribution >= 0.6 is 0 Å². The second kappa shape index (κ2) is 6.27. The average molecular weight is 282 g/mol. The van der Waals surface area contributed by atoms with Crippen molar-refractivity contribution in [3.63, 3.8) is 0 Å². The Morgan fingerprint density at radius 2 is 2.14 bits per heavy atom. The van der Waals surface area contributed by atoms with Crippen LogP contribution in [0.15, 0.2) is 42.6 Å². The maximum absolute atomic E-state index is 6.52. The zero-order valence-electron chi connectivity index (χ0n) is 12.5. The van der Waals surface area contributed by atoms with E-state index < -0.39 is 0 Å². The molecule has 2 unspecified atom stereocenters. The Labute approximate surface area is 126 Å². The number of aromatic nitrogens is 1. The first-order chi connectivity index (χ1) is 10.3. The second-order valence-corrected chi connectivity index (χ2v) is 5.73. The van der Waals surface area contributed by atoms with Gasteiger partial charge in [0.15, 0.2) is 0 Å². The highest BCUT2D eigenvalue weighted by Crippen LogP contribution is 2.33. The van der Waals surface area contributed by atoms with E-state index in [9.17, 15) is 0 Å². The molecule has 0 aliphatic heterocycles. The molecule has 2 atom stereocenters. The first-order valence-corrected chi connectivity index (χ1v) is 7.61. The predicted molar refractivity (Wildman–Crippen MR) is 84.6 cm³/mol. The molecular weight excluding hydrogens is 260 g/mol. The molecule has 0 fully saturated rings. The van der Waals surface area contributed by atoms with Gasteiger partial charge in [0.25, 0.3) is 0 Å². The first-order valence-electron chi connectivity index (χ1n) is 7.61. The molecule has 0 saturated carbocycles. The van der Waals surface area contributed by atoms with Crippen LogP contribution in [0, 0.1) is 0 Å². The Kier molecular flexibility index (Phi) is 4.20. The molecular formula is C18H22N2O. The van der Waals surface area contributed by atoms with Crippen molar-refractivity contribution in [2.45, 2.75) is 37.6 Å². The van der Waals surface area contributed by atoms with Gasteiger partial charge in [-0.1, -0.05) is 24.3 Å². The van der Waals surface area contributed by atoms with E-state index in [0.29, 0.717) is 5.92 Å². The average Bonchev–Trinajstić information content (AvgIpc) is 2.54. The molecule has 1 aromatic carbocycles. The highest BCUT2D eigenvalue weighted by molar-refractivity contribution is 5.35. The normalized spacial score (nSPS) is 18.9. The van der Waals surface area contributed by atoms with Crippen molar-refractivity contribution in [3.05, 3.63) is 59.4 Å². The molecule has 1 aliphatic rings. The molecule has 3 nitrogen and oxygen atoms in total. The maximum atomic E-state index is 6.52. The van der Waals surface area contributed by atoms with Gasteiger partial charge in [0.2, 0.25) is 0 Å². The fourth-order valence-corrected chi connectivity index (χ4v) is 3.33. The molecule has 2 N–H and O–H groups in total. The highest BCUT2D eigenvalue weighted by Gasteiger charge is 2.27. The fraction of sp³-hybridized carbons (Fsp3) is 0.389. The number of ether oxygens (including phenoxy) is 1. The standard InChI is InChI=1S/C18H22N2O/c1-21-17-10-3-2-6-14(17)12-16(19)15-9-4-7-13-8-5-11-20-18(13)15/h2-3,5-6,8,10-11,15-16H,4,7,9,12,19H2,1H3. The Balaban J connectivity index is 1.82. The molecule has 2 aromatic rings. The van der Waals surface area contributed by atoms with Gasteiger partial charge in [-0.2, -0.15) is 0 Å². The number of hydrogen-bond donors (Lipinski definition) is 1. The number of nitrogens with two attached hydrogens (primary N) is 1. The number of pyridine rings is 1. The third-order valence-corrected chi connectivity index (χ3v) is 4.40. The summed E-state index contributed by atoms with van der Waals surface area (Å²) in [4.78, 5) is 4.59. The van der Waals surface area contributed by atoms with Crippen LogP contribution < -0.4 is 10.5 Å². The summed E-state index contributed by atoms with van der Waals surface area (Å²) >= 11 is 0. The second-order valence-electron chi connectivity index (χ2n) is 5.73. The van der Waals surface area contributed by atoms with Gasteiger partial charge in [-0.3, -0.25) is 4.98 Å². The summed E-state index contributed by atoms with van der Waals surface area (Å²) in [5.41, 5.74) is 10.3. The van der Waals surface area contributed by atoms with E-state index >= 15 is 0 Å². The Morgan fingerprint density at radius 3 is 3.00 bits per heavy atom. The van der Waals surface area contributed by atoms with Crippen LogP contribution in [0.4, 0.5) is 0 Å². The lowest BCUT2D eigenvalue weighted by molar-refractivity contribution is 0.400. The summed E-state index contributed by atoms with van der Waals surface area (Å²) in [5, 5.41) is 0. The zero-order valence-corrected chi connectivity index (χ0v) is 12.5. The van der Waals surface area contributed by atoms with Crippen molar-refractivity contribution in [1.29, 1.82) is 0 Å². The lowest BCUT2D eigenvalue weighted by Crippen LogP contribution is -2.33. The minimum absolute atomic E-state index is 0.0789. The van der Waals surface area contributed by atoms with Gasteiger partial charge in [-0.05, 0) is 48.9 Å². The summed E-state index contributed by atoms with van der Waals surface area (Å²) in [5.74, 6) is 1.27. The topological polar surface area (TPSA) is 48.1 Å². The Hall–Kier alpha value is -1.87. The smallest absolute Gasteiger partial charge is 0.122 e. The van der Waals surface area contributed by atoms with Gasteiger partial charge >= 0.3 is 0 Å². The van der Waals surface area contributed by atoms with Gasteiger partial charge < -0.3 is 10.5 Å². The van der Waals surface area contributed by atoms with Crippen LogP contribution in [0.5, 0.6) is 5.75 Å². The van der Waals surface area contributed by atoms with E-state index in [-0.39, 0.29) is 6.04 Å². The molecule has 1 heterocycles. The van der Waals surface area contributed by atoms with Gasteiger partial charge in [0.05, 0.1) is 7.11 Å². The molecule has 21 heavy (non-hydrogen) atoms. The molecule has 0 bridgehead atoms. The molecule has 110 valence electrons. The minimum Gasteiger partial charge on any atom is -0.496 e. The van der Waals surface area contributed by atoms with Crippen molar-refractivity contribution in [1.82, 2.24) is 4.98 Å². The predicted octanol–water partition coefficient (Wildman–Crippen LogP) is 3.08. The largest absolute Gasteiger partial charge is 0.496 e. The fourth-order valence-electron chi connectivity index (χ4n) is 3.33. The summed E-state index contributed by atoms with van der Waals surface area (Å²) in [6.45, 7) is 0. The van der Waals surface area contributed by atoms with Gasteiger partial charge in [0, 0.05) is 23.9 Å². The van der Waals surface area contributed by atoms with Crippen molar-refractivity contribution in [3.8, 4) is 5.75 Å². The van der Waals surface area contributed by atoms with Crippen molar-refractivity contribution < 1.29 is 4.74 Å². The molecule has 0 radical (unpaired) electrons. The summed E-state index contributed by atoms with van der Waals surface area (Å²) < 4.78 is 5.43. The van der Waals surface area contributed by atoms with Crippen molar-refractivity contribution >= 4 is 0 Å². The highest BCUT2D eigenvalue weighted by atomic mass is 16.5. The number of nitrogens with zero attached hydrogens (tertiary/aromatic N) is 1. The SMILES string of the molecule is COc1ccccc1CC(N)C1CCCc2cccnc21. The first kappa shape index (κ1) is 14.1. The molecule has 3 heteroatoms. The number of benzene rings is 1. The van der Waals surface area contributed by atoms with Gasteiger partial charge in [-0.25, -0.2) is 0 Å². The molecule has 0 spiro atoms. The quantitative estimate of drug-likeness (QED) is 0.937. The van der Waals surface area contributed by atoms with Crippen molar-refractivity contribution in [2.24, 2.45) is 5.73 Å². The number of methoxy groups -OCH3 is 1. The van der Waals surface area contributed by atoms with E-state index in [1.807, 2.05) is 30.5 Å². The lowest BCUT2D eigenvalue weighted by atomic mass is 9.80.